The molecule has 25 heavy (non-hydrogen) atoms. The van der Waals surface area contributed by atoms with Crippen molar-refractivity contribution in [2.75, 3.05) is 6.61 Å². The van der Waals surface area contributed by atoms with Crippen molar-refractivity contribution in [3.8, 4) is 0 Å². The minimum Gasteiger partial charge on any atom is -0.478 e. The van der Waals surface area contributed by atoms with Crippen molar-refractivity contribution in [1.29, 1.82) is 0 Å². The number of aryl methyl sites for hydroxylation is 1. The zero-order chi connectivity index (χ0) is 18.8. The van der Waals surface area contributed by atoms with Crippen LogP contribution in [0.5, 0.6) is 0 Å². The Hall–Kier alpha value is -2.04. The number of benzene rings is 1. The van der Waals surface area contributed by atoms with Crippen LogP contribution in [-0.2, 0) is 15.9 Å². The van der Waals surface area contributed by atoms with Gasteiger partial charge in [0.1, 0.15) is 6.10 Å². The molecule has 0 aliphatic carbocycles. The zero-order valence-electron chi connectivity index (χ0n) is 15.7. The van der Waals surface area contributed by atoms with Gasteiger partial charge in [0.05, 0.1) is 12.2 Å². The monoisotopic (exact) mass is 350 g/mol. The summed E-state index contributed by atoms with van der Waals surface area (Å²) in [6.07, 6.45) is 3.21. The second-order valence-electron chi connectivity index (χ2n) is 6.49. The third-order valence-electron chi connectivity index (χ3n) is 4.12. The lowest BCUT2D eigenvalue weighted by molar-refractivity contribution is 0.0243. The number of unbranched alkanes of at least 4 members (excludes halogenated alkanes) is 1. The molecule has 0 aliphatic rings. The van der Waals surface area contributed by atoms with Crippen LogP contribution in [0.4, 0.5) is 4.79 Å². The molecule has 0 bridgehead atoms. The van der Waals surface area contributed by atoms with Crippen molar-refractivity contribution >= 4 is 12.1 Å². The maximum absolute atomic E-state index is 11.6. The van der Waals surface area contributed by atoms with Crippen molar-refractivity contribution in [1.82, 2.24) is 0 Å². The molecule has 0 aliphatic heterocycles. The lowest BCUT2D eigenvalue weighted by Crippen LogP contribution is -2.19. The highest BCUT2D eigenvalue weighted by Gasteiger charge is 2.20. The molecule has 2 unspecified atom stereocenters. The standard InChI is InChI=1S/C20H30O5/c1-5-7-11-24-20(23)25-15(4)12-14(3)18-13-16(8-6-2)9-10-17(18)19(21)22/h9-10,13-15H,5-8,11-12H2,1-4H3,(H,21,22). The molecule has 0 fully saturated rings. The first kappa shape index (κ1) is 21.0. The summed E-state index contributed by atoms with van der Waals surface area (Å²) in [6.45, 7) is 8.23. The molecule has 2 atom stereocenters. The Bertz CT molecular complexity index is 567. The van der Waals surface area contributed by atoms with Crippen LogP contribution in [0.15, 0.2) is 18.2 Å². The molecule has 5 heteroatoms. The second-order valence-corrected chi connectivity index (χ2v) is 6.49. The molecule has 0 saturated carbocycles. The highest BCUT2D eigenvalue weighted by Crippen LogP contribution is 2.27. The van der Waals surface area contributed by atoms with Gasteiger partial charge in [0, 0.05) is 0 Å². The molecule has 1 N–H and O–H groups in total. The van der Waals surface area contributed by atoms with Crippen molar-refractivity contribution in [3.05, 3.63) is 34.9 Å². The van der Waals surface area contributed by atoms with Gasteiger partial charge in [-0.1, -0.05) is 45.7 Å². The van der Waals surface area contributed by atoms with E-state index in [-0.39, 0.29) is 12.0 Å². The largest absolute Gasteiger partial charge is 0.508 e. The summed E-state index contributed by atoms with van der Waals surface area (Å²) < 4.78 is 10.3. The van der Waals surface area contributed by atoms with Crippen molar-refractivity contribution < 1.29 is 24.2 Å². The van der Waals surface area contributed by atoms with Crippen LogP contribution >= 0.6 is 0 Å². The number of carboxylic acids is 1. The second kappa shape index (κ2) is 10.7. The topological polar surface area (TPSA) is 72.8 Å². The van der Waals surface area contributed by atoms with E-state index in [1.807, 2.05) is 26.0 Å². The van der Waals surface area contributed by atoms with Crippen molar-refractivity contribution in [2.45, 2.75) is 71.8 Å². The van der Waals surface area contributed by atoms with Gasteiger partial charge in [0.15, 0.2) is 0 Å². The van der Waals surface area contributed by atoms with Crippen LogP contribution in [-0.4, -0.2) is 29.9 Å². The Labute approximate surface area is 150 Å². The van der Waals surface area contributed by atoms with E-state index in [1.165, 1.54) is 0 Å². The van der Waals surface area contributed by atoms with Gasteiger partial charge in [-0.3, -0.25) is 0 Å². The Morgan fingerprint density at radius 3 is 2.48 bits per heavy atom. The van der Waals surface area contributed by atoms with Crippen LogP contribution in [0, 0.1) is 0 Å². The Kier molecular flexibility index (Phi) is 9.03. The minimum absolute atomic E-state index is 0.0404. The predicted octanol–water partition coefficient (Wildman–Crippen LogP) is 5.17. The van der Waals surface area contributed by atoms with E-state index in [0.29, 0.717) is 18.6 Å². The first-order valence-electron chi connectivity index (χ1n) is 9.08. The molecule has 140 valence electrons. The summed E-state index contributed by atoms with van der Waals surface area (Å²) in [4.78, 5) is 23.1. The van der Waals surface area contributed by atoms with Gasteiger partial charge in [-0.05, 0) is 49.3 Å². The minimum atomic E-state index is -0.933. The van der Waals surface area contributed by atoms with Gasteiger partial charge in [-0.2, -0.15) is 0 Å². The molecule has 0 heterocycles. The summed E-state index contributed by atoms with van der Waals surface area (Å²) in [5, 5.41) is 9.43. The summed E-state index contributed by atoms with van der Waals surface area (Å²) >= 11 is 0. The number of carbonyl (C=O) groups excluding carboxylic acids is 1. The maximum atomic E-state index is 11.6. The lowest BCUT2D eigenvalue weighted by Gasteiger charge is -2.20. The highest BCUT2D eigenvalue weighted by atomic mass is 16.7. The summed E-state index contributed by atoms with van der Waals surface area (Å²) in [5.41, 5.74) is 2.22. The highest BCUT2D eigenvalue weighted by molar-refractivity contribution is 5.89. The molecule has 1 aromatic rings. The predicted molar refractivity (Wildman–Crippen MR) is 97.2 cm³/mol. The molecular formula is C20H30O5. The zero-order valence-corrected chi connectivity index (χ0v) is 15.7. The van der Waals surface area contributed by atoms with E-state index >= 15 is 0 Å². The SMILES string of the molecule is CCCCOC(=O)OC(C)CC(C)c1cc(CCC)ccc1C(=O)O. The first-order chi connectivity index (χ1) is 11.9. The van der Waals surface area contributed by atoms with Gasteiger partial charge >= 0.3 is 12.1 Å². The summed E-state index contributed by atoms with van der Waals surface area (Å²) in [7, 11) is 0. The third-order valence-corrected chi connectivity index (χ3v) is 4.12. The Morgan fingerprint density at radius 2 is 1.88 bits per heavy atom. The maximum Gasteiger partial charge on any atom is 0.508 e. The van der Waals surface area contributed by atoms with Crippen LogP contribution in [0.3, 0.4) is 0 Å². The Morgan fingerprint density at radius 1 is 1.16 bits per heavy atom. The average molecular weight is 350 g/mol. The average Bonchev–Trinajstić information content (AvgIpc) is 2.54. The molecule has 1 rings (SSSR count). The van der Waals surface area contributed by atoms with E-state index in [1.54, 1.807) is 13.0 Å². The van der Waals surface area contributed by atoms with Gasteiger partial charge in [-0.15, -0.1) is 0 Å². The first-order valence-corrected chi connectivity index (χ1v) is 9.08. The molecule has 0 radical (unpaired) electrons. The van der Waals surface area contributed by atoms with Gasteiger partial charge in [0.25, 0.3) is 0 Å². The fourth-order valence-corrected chi connectivity index (χ4v) is 2.83. The summed E-state index contributed by atoms with van der Waals surface area (Å²) in [5.74, 6) is -0.973. The fourth-order valence-electron chi connectivity index (χ4n) is 2.83. The van der Waals surface area contributed by atoms with Crippen LogP contribution in [0.2, 0.25) is 0 Å². The molecular weight excluding hydrogens is 320 g/mol. The fraction of sp³-hybridized carbons (Fsp3) is 0.600. The quantitative estimate of drug-likeness (QED) is 0.465. The Balaban J connectivity index is 2.74. The number of aromatic carboxylic acids is 1. The number of carbonyl (C=O) groups is 2. The van der Waals surface area contributed by atoms with Crippen LogP contribution in [0.1, 0.15) is 80.8 Å². The molecule has 5 nitrogen and oxygen atoms in total. The van der Waals surface area contributed by atoms with Crippen molar-refractivity contribution in [2.24, 2.45) is 0 Å². The summed E-state index contributed by atoms with van der Waals surface area (Å²) in [6, 6.07) is 5.50. The molecule has 0 aromatic heterocycles. The molecule has 0 spiro atoms. The normalized spacial score (nSPS) is 13.1. The van der Waals surface area contributed by atoms with Crippen molar-refractivity contribution in [3.63, 3.8) is 0 Å². The molecule has 0 amide bonds. The lowest BCUT2D eigenvalue weighted by atomic mass is 9.89. The molecule has 1 aromatic carbocycles. The number of carboxylic acid groups (broad SMARTS) is 1. The van der Waals surface area contributed by atoms with E-state index in [4.69, 9.17) is 9.47 Å². The van der Waals surface area contributed by atoms with Crippen LogP contribution < -0.4 is 0 Å². The van der Waals surface area contributed by atoms with Gasteiger partial charge < -0.3 is 14.6 Å². The van der Waals surface area contributed by atoms with Crippen LogP contribution in [0.25, 0.3) is 0 Å². The third kappa shape index (κ3) is 7.16. The smallest absolute Gasteiger partial charge is 0.478 e. The number of rotatable bonds is 10. The number of ether oxygens (including phenoxy) is 2. The van der Waals surface area contributed by atoms with E-state index in [0.717, 1.165) is 36.8 Å². The van der Waals surface area contributed by atoms with E-state index in [2.05, 4.69) is 6.92 Å². The molecule has 0 saturated heterocycles. The number of hydrogen-bond donors (Lipinski definition) is 1. The number of hydrogen-bond acceptors (Lipinski definition) is 4. The van der Waals surface area contributed by atoms with Gasteiger partial charge in [-0.25, -0.2) is 9.59 Å². The van der Waals surface area contributed by atoms with E-state index in [9.17, 15) is 14.7 Å². The van der Waals surface area contributed by atoms with E-state index < -0.39 is 12.1 Å². The van der Waals surface area contributed by atoms with Gasteiger partial charge in [0.2, 0.25) is 0 Å².